The van der Waals surface area contributed by atoms with E-state index in [9.17, 15) is 0 Å². The van der Waals surface area contributed by atoms with Crippen LogP contribution in [0.15, 0.2) is 72.8 Å². The Morgan fingerprint density at radius 1 is 0.256 bits per heavy atom. The lowest BCUT2D eigenvalue weighted by Gasteiger charge is -2.37. The molecule has 446 valence electrons. The van der Waals surface area contributed by atoms with Gasteiger partial charge < -0.3 is 39.8 Å². The third-order valence-electron chi connectivity index (χ3n) is 19.3. The summed E-state index contributed by atoms with van der Waals surface area (Å²) in [5, 5.41) is 9.48. The van der Waals surface area contributed by atoms with E-state index >= 15 is 0 Å². The summed E-state index contributed by atoms with van der Waals surface area (Å²) in [5.41, 5.74) is 0.372. The van der Waals surface area contributed by atoms with E-state index in [2.05, 4.69) is 158 Å². The first-order valence-electron chi connectivity index (χ1n) is 29.8. The van der Waals surface area contributed by atoms with Crippen molar-refractivity contribution in [2.24, 2.45) is 5.41 Å². The summed E-state index contributed by atoms with van der Waals surface area (Å²) in [6.45, 7) is 33.4. The lowest BCUT2D eigenvalue weighted by Crippen LogP contribution is -2.46. The van der Waals surface area contributed by atoms with Crippen LogP contribution in [0.5, 0.6) is 0 Å². The molecule has 0 bridgehead atoms. The Morgan fingerprint density at radius 3 is 0.551 bits per heavy atom. The first kappa shape index (κ1) is 71.5. The summed E-state index contributed by atoms with van der Waals surface area (Å²) in [6, 6.07) is 40.2. The zero-order valence-electron chi connectivity index (χ0n) is 54.0. The maximum absolute atomic E-state index is 5.74. The molecule has 78 heavy (non-hydrogen) atoms. The molecule has 0 aliphatic rings. The van der Waals surface area contributed by atoms with Gasteiger partial charge in [0.1, 0.15) is 0 Å². The van der Waals surface area contributed by atoms with Gasteiger partial charge in [-0.2, -0.15) is 0 Å². The van der Waals surface area contributed by atoms with Gasteiger partial charge >= 0.3 is 26.4 Å². The highest BCUT2D eigenvalue weighted by Gasteiger charge is 2.41. The smallest absolute Gasteiger partial charge is 0.377 e. The normalized spacial score (nSPS) is 13.9. The van der Waals surface area contributed by atoms with Crippen LogP contribution in [0.2, 0.25) is 133 Å². The zero-order valence-corrected chi connectivity index (χ0v) is 63.0. The Balaban J connectivity index is 1.79. The molecule has 0 aliphatic carbocycles. The number of hydrogen-bond acceptors (Lipinski definition) is 9. The van der Waals surface area contributed by atoms with Crippen molar-refractivity contribution in [3.05, 3.63) is 72.8 Å². The van der Waals surface area contributed by atoms with Crippen LogP contribution in [0, 0.1) is 5.41 Å². The Kier molecular flexibility index (Phi) is 28.8. The predicted octanol–water partition coefficient (Wildman–Crippen LogP) is 13.1. The van der Waals surface area contributed by atoms with E-state index in [1.54, 1.807) is 95.1 Å². The van der Waals surface area contributed by atoms with Crippen molar-refractivity contribution in [1.29, 1.82) is 0 Å². The first-order chi connectivity index (χ1) is 36.5. The van der Waals surface area contributed by atoms with Crippen LogP contribution in [0.4, 0.5) is 0 Å². The maximum Gasteiger partial charge on any atom is 0.500 e. The van der Waals surface area contributed by atoms with Gasteiger partial charge in [0, 0.05) is 82.1 Å². The highest BCUT2D eigenvalue weighted by atomic mass is 28.4. The standard InChI is InChI=1S/C60H116O9Si9/c1-23-60(42-24-45-70(11,12)54-30-36-57(37-31-54)73(17,18)48-27-51-76(61-2,62-3)63-4,43-25-46-71(13,14)55-32-38-58(39-33-55)74(19,20)49-28-52-77(64-5,65-6)66-7)44-26-47-72(15,16)56-34-40-59(41-35-56)75(21,22)50-29-53-78(67-8,68-9)69-10/h30-41H,23-29,42-53H2,1-22H3. The fourth-order valence-electron chi connectivity index (χ4n) is 12.5. The molecule has 18 heteroatoms. The van der Waals surface area contributed by atoms with Crippen LogP contribution in [0.1, 0.15) is 71.1 Å². The largest absolute Gasteiger partial charge is 0.500 e. The second-order valence-corrected chi connectivity index (χ2v) is 65.2. The van der Waals surface area contributed by atoms with E-state index in [0.29, 0.717) is 5.41 Å². The Morgan fingerprint density at radius 2 is 0.410 bits per heavy atom. The van der Waals surface area contributed by atoms with Crippen molar-refractivity contribution >= 4 is 106 Å². The Hall–Kier alpha value is -0.748. The first-order valence-corrected chi connectivity index (χ1v) is 54.8. The monoisotopic (exact) mass is 1230 g/mol. The molecule has 0 fully saturated rings. The third-order valence-corrected chi connectivity index (χ3v) is 48.8. The summed E-state index contributed by atoms with van der Waals surface area (Å²) in [6.07, 6.45) is 12.4. The topological polar surface area (TPSA) is 83.1 Å². The van der Waals surface area contributed by atoms with Crippen molar-refractivity contribution in [3.8, 4) is 0 Å². The quantitative estimate of drug-likeness (QED) is 0.0517. The van der Waals surface area contributed by atoms with Crippen LogP contribution in [0.3, 0.4) is 0 Å². The molecule has 3 aromatic carbocycles. The van der Waals surface area contributed by atoms with E-state index in [4.69, 9.17) is 39.8 Å². The summed E-state index contributed by atoms with van der Waals surface area (Å²) in [5.74, 6) is 0. The minimum atomic E-state index is -2.56. The van der Waals surface area contributed by atoms with Gasteiger partial charge in [0.15, 0.2) is 0 Å². The second kappa shape index (κ2) is 31.4. The summed E-state index contributed by atoms with van der Waals surface area (Å²) in [4.78, 5) is 0. The van der Waals surface area contributed by atoms with Crippen molar-refractivity contribution in [1.82, 2.24) is 0 Å². The lowest BCUT2D eigenvalue weighted by atomic mass is 9.73. The summed E-state index contributed by atoms with van der Waals surface area (Å²) >= 11 is 0. The highest BCUT2D eigenvalue weighted by Crippen LogP contribution is 2.42. The van der Waals surface area contributed by atoms with E-state index in [1.807, 2.05) is 0 Å². The van der Waals surface area contributed by atoms with E-state index in [1.165, 1.54) is 81.2 Å². The van der Waals surface area contributed by atoms with Crippen molar-refractivity contribution in [2.45, 2.75) is 204 Å². The van der Waals surface area contributed by atoms with E-state index in [0.717, 1.165) is 37.4 Å². The molecular weight excluding hydrogens is 1120 g/mol. The van der Waals surface area contributed by atoms with Crippen LogP contribution in [0.25, 0.3) is 0 Å². The SMILES string of the molecule is CCC(CCC[Si](C)(C)c1ccc([Si](C)(C)CCC[Si](OC)(OC)OC)cc1)(CCC[Si](C)(C)c1ccc([Si](C)(C)CCC[Si](OC)(OC)OC)cc1)CCC[Si](C)(C)c1ccc([Si](C)(C)CCC[Si](OC)(OC)OC)cc1. The number of hydrogen-bond donors (Lipinski definition) is 0. The molecule has 0 aromatic heterocycles. The molecule has 0 unspecified atom stereocenters. The minimum Gasteiger partial charge on any atom is -0.377 e. The zero-order chi connectivity index (χ0) is 58.7. The van der Waals surface area contributed by atoms with Gasteiger partial charge in [-0.1, -0.05) is 271 Å². The fraction of sp³-hybridized carbons (Fsp3) is 0.700. The van der Waals surface area contributed by atoms with Gasteiger partial charge in [0.25, 0.3) is 0 Å². The van der Waals surface area contributed by atoms with E-state index < -0.39 is 74.9 Å². The highest BCUT2D eigenvalue weighted by molar-refractivity contribution is 6.93. The van der Waals surface area contributed by atoms with Gasteiger partial charge in [-0.3, -0.25) is 0 Å². The Bertz CT molecular complexity index is 1900. The molecule has 0 spiro atoms. The van der Waals surface area contributed by atoms with E-state index in [-0.39, 0.29) is 0 Å². The van der Waals surface area contributed by atoms with Gasteiger partial charge in [-0.05, 0) is 24.7 Å². The second-order valence-electron chi connectivity index (χ2n) is 26.9. The molecule has 0 aliphatic heterocycles. The average molecular weight is 1230 g/mol. The molecule has 0 saturated heterocycles. The Labute approximate surface area is 488 Å². The van der Waals surface area contributed by atoms with Crippen LogP contribution in [-0.2, 0) is 39.8 Å². The average Bonchev–Trinajstić information content (AvgIpc) is 3.42. The van der Waals surface area contributed by atoms with Crippen molar-refractivity contribution in [2.75, 3.05) is 64.0 Å². The van der Waals surface area contributed by atoms with Crippen LogP contribution < -0.4 is 31.1 Å². The molecule has 0 N–H and O–H groups in total. The third kappa shape index (κ3) is 20.2. The van der Waals surface area contributed by atoms with Crippen molar-refractivity contribution < 1.29 is 39.8 Å². The lowest BCUT2D eigenvalue weighted by molar-refractivity contribution is 0.123. The maximum atomic E-state index is 5.74. The van der Waals surface area contributed by atoms with Gasteiger partial charge in [-0.25, -0.2) is 0 Å². The minimum absolute atomic E-state index is 0.372. The van der Waals surface area contributed by atoms with Gasteiger partial charge in [0.05, 0.1) is 48.4 Å². The van der Waals surface area contributed by atoms with Crippen molar-refractivity contribution in [3.63, 3.8) is 0 Å². The molecular formula is C60H116O9Si9. The van der Waals surface area contributed by atoms with Crippen LogP contribution >= 0.6 is 0 Å². The molecule has 9 nitrogen and oxygen atoms in total. The molecule has 0 saturated carbocycles. The fourth-order valence-corrected chi connectivity index (χ4v) is 33.3. The van der Waals surface area contributed by atoms with Gasteiger partial charge in [0.2, 0.25) is 0 Å². The molecule has 0 radical (unpaired) electrons. The molecule has 0 heterocycles. The molecule has 0 atom stereocenters. The predicted molar refractivity (Wildman–Crippen MR) is 360 cm³/mol. The van der Waals surface area contributed by atoms with Gasteiger partial charge in [-0.15, -0.1) is 0 Å². The summed E-state index contributed by atoms with van der Waals surface area (Å²) < 4.78 is 51.7. The van der Waals surface area contributed by atoms with Crippen LogP contribution in [-0.4, -0.2) is 139 Å². The number of rotatable bonds is 40. The number of benzene rings is 3. The molecule has 3 rings (SSSR count). The molecule has 3 aromatic rings. The molecule has 0 amide bonds. The summed E-state index contributed by atoms with van der Waals surface area (Å²) in [7, 11) is -2.08.